The number of carbonyl (C=O) groups is 1. The van der Waals surface area contributed by atoms with Crippen LogP contribution in [-0.4, -0.2) is 47.4 Å². The largest absolute Gasteiger partial charge is 0.444 e. The minimum absolute atomic E-state index is 0. The van der Waals surface area contributed by atoms with Crippen molar-refractivity contribution in [3.05, 3.63) is 11.7 Å². The molecule has 0 spiro atoms. The maximum atomic E-state index is 11.5. The molecule has 0 radical (unpaired) electrons. The van der Waals surface area contributed by atoms with Gasteiger partial charge in [-0.05, 0) is 27.7 Å². The molecule has 1 aromatic rings. The van der Waals surface area contributed by atoms with E-state index in [0.29, 0.717) is 37.3 Å². The number of alkyl carbamates (subject to hydrolysis) is 1. The summed E-state index contributed by atoms with van der Waals surface area (Å²) in [7, 11) is 0. The van der Waals surface area contributed by atoms with Crippen molar-refractivity contribution < 1.29 is 14.1 Å². The average molecular weight is 454 g/mol. The van der Waals surface area contributed by atoms with Gasteiger partial charge in [-0.1, -0.05) is 5.16 Å². The zero-order chi connectivity index (χ0) is 17.3. The van der Waals surface area contributed by atoms with Crippen molar-refractivity contribution in [2.24, 2.45) is 4.99 Å². The fourth-order valence-electron chi connectivity index (χ4n) is 1.56. The molecular weight excluding hydrogens is 427 g/mol. The van der Waals surface area contributed by atoms with Crippen molar-refractivity contribution >= 4 is 36.0 Å². The number of halogens is 1. The number of guanidine groups is 1. The summed E-state index contributed by atoms with van der Waals surface area (Å²) in [4.78, 5) is 19.9. The minimum atomic E-state index is -0.503. The fraction of sp³-hybridized carbons (Fsp3) is 0.714. The molecule has 1 rings (SSSR count). The number of rotatable bonds is 6. The summed E-state index contributed by atoms with van der Waals surface area (Å²) in [6.07, 6.45) is -0.441. The summed E-state index contributed by atoms with van der Waals surface area (Å²) < 4.78 is 10.0. The van der Waals surface area contributed by atoms with Gasteiger partial charge >= 0.3 is 6.09 Å². The first-order chi connectivity index (χ1) is 10.8. The van der Waals surface area contributed by atoms with Crippen molar-refractivity contribution in [2.75, 3.05) is 19.6 Å². The van der Waals surface area contributed by atoms with Crippen molar-refractivity contribution in [3.63, 3.8) is 0 Å². The Labute approximate surface area is 159 Å². The van der Waals surface area contributed by atoms with E-state index in [0.717, 1.165) is 6.54 Å². The fourth-order valence-corrected chi connectivity index (χ4v) is 1.56. The Balaban J connectivity index is 0.00000529. The molecule has 1 heterocycles. The molecule has 10 heteroatoms. The Bertz CT molecular complexity index is 527. The number of aromatic nitrogens is 2. The van der Waals surface area contributed by atoms with Gasteiger partial charge in [-0.2, -0.15) is 4.98 Å². The van der Waals surface area contributed by atoms with Crippen LogP contribution in [0.3, 0.4) is 0 Å². The van der Waals surface area contributed by atoms with Crippen LogP contribution in [0, 0.1) is 6.92 Å². The van der Waals surface area contributed by atoms with Crippen LogP contribution in [0.5, 0.6) is 0 Å². The van der Waals surface area contributed by atoms with E-state index in [1.807, 2.05) is 27.7 Å². The van der Waals surface area contributed by atoms with Gasteiger partial charge in [-0.3, -0.25) is 0 Å². The highest BCUT2D eigenvalue weighted by Crippen LogP contribution is 2.05. The summed E-state index contributed by atoms with van der Waals surface area (Å²) in [5.74, 6) is 1.64. The van der Waals surface area contributed by atoms with Gasteiger partial charge in [0.1, 0.15) is 12.1 Å². The Morgan fingerprint density at radius 3 is 2.46 bits per heavy atom. The molecule has 0 saturated carbocycles. The predicted molar refractivity (Wildman–Crippen MR) is 102 cm³/mol. The second-order valence-electron chi connectivity index (χ2n) is 5.78. The van der Waals surface area contributed by atoms with E-state index < -0.39 is 11.7 Å². The van der Waals surface area contributed by atoms with Crippen LogP contribution >= 0.6 is 24.0 Å². The summed E-state index contributed by atoms with van der Waals surface area (Å²) in [5, 5.41) is 12.6. The second kappa shape index (κ2) is 11.0. The lowest BCUT2D eigenvalue weighted by molar-refractivity contribution is 0.0529. The Morgan fingerprint density at radius 1 is 1.25 bits per heavy atom. The van der Waals surface area contributed by atoms with Gasteiger partial charge < -0.3 is 25.2 Å². The third kappa shape index (κ3) is 10.2. The Kier molecular flexibility index (Phi) is 10.3. The van der Waals surface area contributed by atoms with E-state index >= 15 is 0 Å². The Hall–Kier alpha value is -1.59. The van der Waals surface area contributed by atoms with Gasteiger partial charge in [-0.15, -0.1) is 24.0 Å². The number of aryl methyl sites for hydroxylation is 1. The lowest BCUT2D eigenvalue weighted by Gasteiger charge is -2.19. The summed E-state index contributed by atoms with van der Waals surface area (Å²) in [6, 6.07) is 0. The van der Waals surface area contributed by atoms with Crippen molar-refractivity contribution in [1.82, 2.24) is 26.1 Å². The first kappa shape index (κ1) is 22.4. The topological polar surface area (TPSA) is 114 Å². The molecule has 3 N–H and O–H groups in total. The van der Waals surface area contributed by atoms with E-state index in [-0.39, 0.29) is 24.0 Å². The number of ether oxygens (including phenoxy) is 1. The van der Waals surface area contributed by atoms with Gasteiger partial charge in [-0.25, -0.2) is 9.79 Å². The normalized spacial score (nSPS) is 11.5. The summed E-state index contributed by atoms with van der Waals surface area (Å²) in [5.41, 5.74) is -0.503. The molecule has 138 valence electrons. The van der Waals surface area contributed by atoms with Crippen LogP contribution in [0.4, 0.5) is 4.79 Å². The average Bonchev–Trinajstić information content (AvgIpc) is 2.84. The predicted octanol–water partition coefficient (Wildman–Crippen LogP) is 1.58. The summed E-state index contributed by atoms with van der Waals surface area (Å²) in [6.45, 7) is 11.1. The smallest absolute Gasteiger partial charge is 0.407 e. The van der Waals surface area contributed by atoms with Gasteiger partial charge in [0.2, 0.25) is 5.89 Å². The second-order valence-corrected chi connectivity index (χ2v) is 5.78. The van der Waals surface area contributed by atoms with E-state index in [2.05, 4.69) is 31.1 Å². The van der Waals surface area contributed by atoms with Gasteiger partial charge in [0.15, 0.2) is 11.8 Å². The zero-order valence-electron chi connectivity index (χ0n) is 14.8. The van der Waals surface area contributed by atoms with Crippen LogP contribution in [0.1, 0.15) is 39.4 Å². The number of nitrogens with one attached hydrogen (secondary N) is 3. The molecule has 0 aromatic carbocycles. The molecule has 0 saturated heterocycles. The van der Waals surface area contributed by atoms with Crippen LogP contribution < -0.4 is 16.0 Å². The van der Waals surface area contributed by atoms with Crippen LogP contribution in [0.2, 0.25) is 0 Å². The molecule has 0 bridgehead atoms. The number of aliphatic imine (C=N–C) groups is 1. The molecular formula is C14H27IN6O3. The molecule has 0 aliphatic carbocycles. The van der Waals surface area contributed by atoms with E-state index in [9.17, 15) is 4.79 Å². The van der Waals surface area contributed by atoms with Crippen molar-refractivity contribution in [2.45, 2.75) is 46.8 Å². The quantitative estimate of drug-likeness (QED) is 0.259. The third-order valence-corrected chi connectivity index (χ3v) is 2.38. The van der Waals surface area contributed by atoms with E-state index in [1.54, 1.807) is 6.92 Å². The first-order valence-corrected chi connectivity index (χ1v) is 7.58. The lowest BCUT2D eigenvalue weighted by Crippen LogP contribution is -2.42. The first-order valence-electron chi connectivity index (χ1n) is 7.58. The monoisotopic (exact) mass is 454 g/mol. The number of hydrogen-bond acceptors (Lipinski definition) is 6. The molecule has 0 aliphatic heterocycles. The molecule has 0 aliphatic rings. The summed E-state index contributed by atoms with van der Waals surface area (Å²) >= 11 is 0. The van der Waals surface area contributed by atoms with E-state index in [1.165, 1.54) is 0 Å². The SMILES string of the molecule is CCNC(=NCc1noc(C)n1)NCCNC(=O)OC(C)(C)C.I. The van der Waals surface area contributed by atoms with Crippen molar-refractivity contribution in [1.29, 1.82) is 0 Å². The maximum absolute atomic E-state index is 11.5. The van der Waals surface area contributed by atoms with Gasteiger partial charge in [0, 0.05) is 26.6 Å². The molecule has 9 nitrogen and oxygen atoms in total. The molecule has 0 unspecified atom stereocenters. The van der Waals surface area contributed by atoms with Crippen molar-refractivity contribution in [3.8, 4) is 0 Å². The third-order valence-electron chi connectivity index (χ3n) is 2.38. The molecule has 24 heavy (non-hydrogen) atoms. The van der Waals surface area contributed by atoms with Crippen LogP contribution in [0.25, 0.3) is 0 Å². The molecule has 0 atom stereocenters. The minimum Gasteiger partial charge on any atom is -0.444 e. The number of nitrogens with zero attached hydrogens (tertiary/aromatic N) is 3. The van der Waals surface area contributed by atoms with Gasteiger partial charge in [0.25, 0.3) is 0 Å². The van der Waals surface area contributed by atoms with Crippen LogP contribution in [0.15, 0.2) is 9.52 Å². The lowest BCUT2D eigenvalue weighted by atomic mass is 10.2. The number of carbonyl (C=O) groups excluding carboxylic acids is 1. The molecule has 1 aromatic heterocycles. The highest BCUT2D eigenvalue weighted by molar-refractivity contribution is 14.0. The molecule has 1 amide bonds. The standard InChI is InChI=1S/C14H26N6O3.HI/c1-6-15-12(18-9-11-19-10(2)23-20-11)16-7-8-17-13(21)22-14(3,4)5;/h6-9H2,1-5H3,(H,17,21)(H2,15,16,18);1H. The van der Waals surface area contributed by atoms with Crippen LogP contribution in [-0.2, 0) is 11.3 Å². The number of amides is 1. The highest BCUT2D eigenvalue weighted by atomic mass is 127. The van der Waals surface area contributed by atoms with Gasteiger partial charge in [0.05, 0.1) is 0 Å². The molecule has 0 fully saturated rings. The maximum Gasteiger partial charge on any atom is 0.407 e. The zero-order valence-corrected chi connectivity index (χ0v) is 17.1. The number of hydrogen-bond donors (Lipinski definition) is 3. The van der Waals surface area contributed by atoms with E-state index in [4.69, 9.17) is 9.26 Å². The highest BCUT2D eigenvalue weighted by Gasteiger charge is 2.15. The Morgan fingerprint density at radius 2 is 1.92 bits per heavy atom.